The van der Waals surface area contributed by atoms with Gasteiger partial charge in [0.2, 0.25) is 5.88 Å². The summed E-state index contributed by atoms with van der Waals surface area (Å²) in [6, 6.07) is 8.53. The fraction of sp³-hybridized carbons (Fsp3) is 0.312. The Hall–Kier alpha value is -2.63. The lowest BCUT2D eigenvalue weighted by atomic mass is 10.1. The molecule has 0 atom stereocenters. The van der Waals surface area contributed by atoms with Crippen LogP contribution < -0.4 is 9.47 Å². The molecule has 0 saturated heterocycles. The molecule has 0 fully saturated rings. The van der Waals surface area contributed by atoms with Crippen molar-refractivity contribution in [3.8, 4) is 11.6 Å². The molecule has 0 aliphatic heterocycles. The first-order valence-corrected chi connectivity index (χ1v) is 6.99. The van der Waals surface area contributed by atoms with Gasteiger partial charge in [0.25, 0.3) is 5.69 Å². The summed E-state index contributed by atoms with van der Waals surface area (Å²) in [4.78, 5) is 15.1. The van der Waals surface area contributed by atoms with E-state index in [-0.39, 0.29) is 12.3 Å². The van der Waals surface area contributed by atoms with Crippen molar-refractivity contribution in [1.82, 2.24) is 4.98 Å². The highest BCUT2D eigenvalue weighted by atomic mass is 16.6. The minimum atomic E-state index is -0.433. The third-order valence-electron chi connectivity index (χ3n) is 3.15. The van der Waals surface area contributed by atoms with Gasteiger partial charge in [0, 0.05) is 17.3 Å². The van der Waals surface area contributed by atoms with Crippen LogP contribution in [-0.2, 0) is 6.61 Å². The number of hydrogen-bond donors (Lipinski definition) is 0. The molecule has 2 rings (SSSR count). The van der Waals surface area contributed by atoms with Gasteiger partial charge in [-0.15, -0.1) is 0 Å². The van der Waals surface area contributed by atoms with Crippen LogP contribution in [0.3, 0.4) is 0 Å². The number of hydrogen-bond acceptors (Lipinski definition) is 5. The van der Waals surface area contributed by atoms with Crippen molar-refractivity contribution in [2.45, 2.75) is 27.4 Å². The van der Waals surface area contributed by atoms with E-state index in [9.17, 15) is 10.1 Å². The molecule has 1 heterocycles. The van der Waals surface area contributed by atoms with Gasteiger partial charge in [-0.1, -0.05) is 12.1 Å². The van der Waals surface area contributed by atoms with Crippen molar-refractivity contribution in [2.24, 2.45) is 0 Å². The zero-order valence-corrected chi connectivity index (χ0v) is 12.8. The summed E-state index contributed by atoms with van der Waals surface area (Å²) in [5.74, 6) is 0.933. The maximum Gasteiger partial charge on any atom is 0.279 e. The van der Waals surface area contributed by atoms with E-state index in [0.29, 0.717) is 23.8 Å². The molecule has 2 aromatic rings. The molecule has 0 aliphatic rings. The number of aryl methyl sites for hydroxylation is 2. The minimum absolute atomic E-state index is 0.0174. The molecule has 0 aliphatic carbocycles. The predicted octanol–water partition coefficient (Wildman–Crippen LogP) is 3.58. The van der Waals surface area contributed by atoms with Gasteiger partial charge in [-0.25, -0.2) is 4.98 Å². The molecular formula is C16H18N2O4. The fourth-order valence-electron chi connectivity index (χ4n) is 2.05. The number of nitro groups is 1. The largest absolute Gasteiger partial charge is 0.493 e. The normalized spacial score (nSPS) is 10.3. The monoisotopic (exact) mass is 302 g/mol. The van der Waals surface area contributed by atoms with E-state index in [1.54, 1.807) is 12.1 Å². The smallest absolute Gasteiger partial charge is 0.279 e. The van der Waals surface area contributed by atoms with Gasteiger partial charge >= 0.3 is 0 Å². The number of nitrogens with zero attached hydrogens (tertiary/aromatic N) is 2. The quantitative estimate of drug-likeness (QED) is 0.602. The zero-order valence-electron chi connectivity index (χ0n) is 12.8. The van der Waals surface area contributed by atoms with Crippen LogP contribution in [0.15, 0.2) is 30.3 Å². The average molecular weight is 302 g/mol. The Balaban J connectivity index is 2.31. The SMILES string of the molecule is CCOc1cccc([N+](=O)[O-])c1COc1nc(C)ccc1C. The van der Waals surface area contributed by atoms with Crippen molar-refractivity contribution >= 4 is 5.69 Å². The van der Waals surface area contributed by atoms with Gasteiger partial charge in [0.15, 0.2) is 0 Å². The van der Waals surface area contributed by atoms with E-state index in [1.165, 1.54) is 6.07 Å². The molecule has 1 aromatic carbocycles. The third kappa shape index (κ3) is 3.52. The van der Waals surface area contributed by atoms with Crippen molar-refractivity contribution < 1.29 is 14.4 Å². The predicted molar refractivity (Wildman–Crippen MR) is 82.3 cm³/mol. The Morgan fingerprint density at radius 3 is 2.64 bits per heavy atom. The third-order valence-corrected chi connectivity index (χ3v) is 3.15. The second-order valence-corrected chi connectivity index (χ2v) is 4.81. The maximum absolute atomic E-state index is 11.2. The summed E-state index contributed by atoms with van der Waals surface area (Å²) in [6.07, 6.45) is 0. The fourth-order valence-corrected chi connectivity index (χ4v) is 2.05. The zero-order chi connectivity index (χ0) is 16.1. The second-order valence-electron chi connectivity index (χ2n) is 4.81. The molecule has 1 aromatic heterocycles. The molecule has 0 saturated carbocycles. The highest BCUT2D eigenvalue weighted by molar-refractivity contribution is 5.49. The van der Waals surface area contributed by atoms with Crippen LogP contribution in [0.25, 0.3) is 0 Å². The Labute approximate surface area is 128 Å². The Bertz CT molecular complexity index is 686. The molecule has 22 heavy (non-hydrogen) atoms. The van der Waals surface area contributed by atoms with Gasteiger partial charge in [0.05, 0.1) is 11.5 Å². The van der Waals surface area contributed by atoms with E-state index >= 15 is 0 Å². The minimum Gasteiger partial charge on any atom is -0.493 e. The van der Waals surface area contributed by atoms with Gasteiger partial charge < -0.3 is 9.47 Å². The average Bonchev–Trinajstić information content (AvgIpc) is 2.49. The van der Waals surface area contributed by atoms with Crippen molar-refractivity contribution in [1.29, 1.82) is 0 Å². The van der Waals surface area contributed by atoms with Crippen LogP contribution in [0, 0.1) is 24.0 Å². The number of aromatic nitrogens is 1. The molecular weight excluding hydrogens is 284 g/mol. The molecule has 0 bridgehead atoms. The Morgan fingerprint density at radius 2 is 1.95 bits per heavy atom. The van der Waals surface area contributed by atoms with E-state index in [2.05, 4.69) is 4.98 Å². The van der Waals surface area contributed by atoms with Crippen molar-refractivity contribution in [3.63, 3.8) is 0 Å². The molecule has 116 valence electrons. The molecule has 0 radical (unpaired) electrons. The summed E-state index contributed by atoms with van der Waals surface area (Å²) < 4.78 is 11.2. The van der Waals surface area contributed by atoms with Crippen LogP contribution in [0.4, 0.5) is 5.69 Å². The molecule has 0 unspecified atom stereocenters. The summed E-state index contributed by atoms with van der Waals surface area (Å²) >= 11 is 0. The van der Waals surface area contributed by atoms with Crippen LogP contribution >= 0.6 is 0 Å². The Kier molecular flexibility index (Phi) is 4.93. The van der Waals surface area contributed by atoms with Crippen LogP contribution in [-0.4, -0.2) is 16.5 Å². The number of ether oxygens (including phenoxy) is 2. The van der Waals surface area contributed by atoms with Crippen molar-refractivity contribution in [2.75, 3.05) is 6.61 Å². The first-order chi connectivity index (χ1) is 10.5. The summed E-state index contributed by atoms with van der Waals surface area (Å²) in [7, 11) is 0. The lowest BCUT2D eigenvalue weighted by Gasteiger charge is -2.12. The van der Waals surface area contributed by atoms with E-state index in [1.807, 2.05) is 32.9 Å². The van der Waals surface area contributed by atoms with Crippen LogP contribution in [0.5, 0.6) is 11.6 Å². The molecule has 0 spiro atoms. The van der Waals surface area contributed by atoms with Gasteiger partial charge in [0.1, 0.15) is 17.9 Å². The molecule has 0 amide bonds. The van der Waals surface area contributed by atoms with Crippen LogP contribution in [0.2, 0.25) is 0 Å². The summed E-state index contributed by atoms with van der Waals surface area (Å²) in [5.41, 5.74) is 2.10. The lowest BCUT2D eigenvalue weighted by molar-refractivity contribution is -0.385. The molecule has 6 heteroatoms. The van der Waals surface area contributed by atoms with Gasteiger partial charge in [-0.3, -0.25) is 10.1 Å². The Morgan fingerprint density at radius 1 is 1.18 bits per heavy atom. The maximum atomic E-state index is 11.2. The highest BCUT2D eigenvalue weighted by Crippen LogP contribution is 2.30. The van der Waals surface area contributed by atoms with Crippen molar-refractivity contribution in [3.05, 3.63) is 57.3 Å². The van der Waals surface area contributed by atoms with Crippen LogP contribution in [0.1, 0.15) is 23.7 Å². The first kappa shape index (κ1) is 15.8. The second kappa shape index (κ2) is 6.89. The topological polar surface area (TPSA) is 74.5 Å². The van der Waals surface area contributed by atoms with E-state index in [4.69, 9.17) is 9.47 Å². The molecule has 0 N–H and O–H groups in total. The van der Waals surface area contributed by atoms with E-state index < -0.39 is 4.92 Å². The summed E-state index contributed by atoms with van der Waals surface area (Å²) in [5, 5.41) is 11.2. The van der Waals surface area contributed by atoms with Gasteiger partial charge in [-0.05, 0) is 32.9 Å². The summed E-state index contributed by atoms with van der Waals surface area (Å²) in [6.45, 7) is 6.03. The number of benzene rings is 1. The number of rotatable bonds is 6. The number of pyridine rings is 1. The highest BCUT2D eigenvalue weighted by Gasteiger charge is 2.19. The first-order valence-electron chi connectivity index (χ1n) is 6.99. The number of nitro benzene ring substituents is 1. The van der Waals surface area contributed by atoms with E-state index in [0.717, 1.165) is 11.3 Å². The standard InChI is InChI=1S/C16H18N2O4/c1-4-21-15-7-5-6-14(18(19)20)13(15)10-22-16-11(2)8-9-12(3)17-16/h5-9H,4,10H2,1-3H3. The lowest BCUT2D eigenvalue weighted by Crippen LogP contribution is -2.06. The van der Waals surface area contributed by atoms with Gasteiger partial charge in [-0.2, -0.15) is 0 Å². The molecule has 6 nitrogen and oxygen atoms in total.